The van der Waals surface area contributed by atoms with Gasteiger partial charge in [0.2, 0.25) is 11.7 Å². The van der Waals surface area contributed by atoms with Crippen LogP contribution in [0.25, 0.3) is 11.4 Å². The maximum absolute atomic E-state index is 13.2. The first-order valence-corrected chi connectivity index (χ1v) is 7.46. The monoisotopic (exact) mass is 297 g/mol. The second-order valence-electron chi connectivity index (χ2n) is 4.60. The first-order valence-electron chi connectivity index (χ1n) is 6.31. The van der Waals surface area contributed by atoms with Crippen LogP contribution in [0.4, 0.5) is 8.78 Å². The van der Waals surface area contributed by atoms with Crippen LogP contribution in [0.5, 0.6) is 0 Å². The third kappa shape index (κ3) is 3.16. The molecule has 1 aromatic carbocycles. The molecule has 2 aromatic rings. The van der Waals surface area contributed by atoms with Crippen LogP contribution in [0, 0.1) is 11.6 Å². The highest BCUT2D eigenvalue weighted by Crippen LogP contribution is 2.20. The van der Waals surface area contributed by atoms with Gasteiger partial charge in [-0.1, -0.05) is 5.16 Å². The smallest absolute Gasteiger partial charge is 0.228 e. The average molecular weight is 297 g/mol. The number of thioether (sulfide) groups is 1. The van der Waals surface area contributed by atoms with Crippen molar-refractivity contribution >= 4 is 11.8 Å². The molecule has 1 saturated heterocycles. The molecule has 0 bridgehead atoms. The van der Waals surface area contributed by atoms with E-state index in [2.05, 4.69) is 15.5 Å². The molecule has 0 radical (unpaired) electrons. The van der Waals surface area contributed by atoms with Crippen LogP contribution < -0.4 is 5.32 Å². The first-order chi connectivity index (χ1) is 9.70. The van der Waals surface area contributed by atoms with Crippen LogP contribution in [-0.4, -0.2) is 34.2 Å². The number of rotatable bonds is 3. The lowest BCUT2D eigenvalue weighted by atomic mass is 10.2. The van der Waals surface area contributed by atoms with Gasteiger partial charge in [-0.25, -0.2) is 8.78 Å². The van der Waals surface area contributed by atoms with E-state index in [9.17, 15) is 8.78 Å². The molecule has 0 amide bonds. The summed E-state index contributed by atoms with van der Waals surface area (Å²) in [6.07, 6.45) is 0.623. The number of nitrogens with zero attached hydrogens (tertiary/aromatic N) is 2. The second-order valence-corrected chi connectivity index (χ2v) is 5.75. The van der Waals surface area contributed by atoms with Gasteiger partial charge in [0.25, 0.3) is 0 Å². The Morgan fingerprint density at radius 1 is 1.30 bits per heavy atom. The highest BCUT2D eigenvalue weighted by atomic mass is 32.2. The van der Waals surface area contributed by atoms with E-state index in [1.807, 2.05) is 11.8 Å². The van der Waals surface area contributed by atoms with Gasteiger partial charge in [-0.15, -0.1) is 0 Å². The van der Waals surface area contributed by atoms with Crippen LogP contribution in [-0.2, 0) is 6.42 Å². The normalized spacial score (nSPS) is 19.2. The Morgan fingerprint density at radius 3 is 2.80 bits per heavy atom. The maximum atomic E-state index is 13.2. The van der Waals surface area contributed by atoms with Gasteiger partial charge in [-0.3, -0.25) is 0 Å². The lowest BCUT2D eigenvalue weighted by Crippen LogP contribution is -2.38. The standard InChI is InChI=1S/C13H13F2N3OS/c14-9-3-8(4-10(15)5-9)13-17-12(19-18-13)6-11-7-20-2-1-16-11/h3-5,11,16H,1-2,6-7H2. The van der Waals surface area contributed by atoms with E-state index in [0.29, 0.717) is 18.4 Å². The van der Waals surface area contributed by atoms with Gasteiger partial charge in [0, 0.05) is 42.1 Å². The van der Waals surface area contributed by atoms with E-state index < -0.39 is 11.6 Å². The van der Waals surface area contributed by atoms with E-state index in [0.717, 1.165) is 24.1 Å². The van der Waals surface area contributed by atoms with Crippen molar-refractivity contribution in [2.75, 3.05) is 18.1 Å². The summed E-state index contributed by atoms with van der Waals surface area (Å²) < 4.78 is 31.5. The number of aromatic nitrogens is 2. The second kappa shape index (κ2) is 5.88. The van der Waals surface area contributed by atoms with Crippen molar-refractivity contribution in [1.82, 2.24) is 15.5 Å². The Labute approximate surface area is 118 Å². The van der Waals surface area contributed by atoms with Crippen molar-refractivity contribution in [1.29, 1.82) is 0 Å². The predicted octanol–water partition coefficient (Wildman–Crippen LogP) is 2.26. The Kier molecular flexibility index (Phi) is 3.98. The van der Waals surface area contributed by atoms with E-state index in [1.54, 1.807) is 0 Å². The largest absolute Gasteiger partial charge is 0.339 e. The average Bonchev–Trinajstić information content (AvgIpc) is 2.87. The summed E-state index contributed by atoms with van der Waals surface area (Å²) in [5, 5.41) is 7.15. The Morgan fingerprint density at radius 2 is 2.10 bits per heavy atom. The third-order valence-corrected chi connectivity index (χ3v) is 4.14. The molecule has 7 heteroatoms. The van der Waals surface area contributed by atoms with Gasteiger partial charge < -0.3 is 9.84 Å². The van der Waals surface area contributed by atoms with Crippen molar-refractivity contribution < 1.29 is 13.3 Å². The van der Waals surface area contributed by atoms with Crippen LogP contribution >= 0.6 is 11.8 Å². The lowest BCUT2D eigenvalue weighted by molar-refractivity contribution is 0.363. The van der Waals surface area contributed by atoms with E-state index in [-0.39, 0.29) is 11.4 Å². The number of halogens is 2. The van der Waals surface area contributed by atoms with Crippen LogP contribution in [0.1, 0.15) is 5.89 Å². The molecule has 0 aliphatic carbocycles. The topological polar surface area (TPSA) is 51.0 Å². The molecule has 1 aromatic heterocycles. The molecule has 1 unspecified atom stereocenters. The molecule has 1 atom stereocenters. The number of nitrogens with one attached hydrogen (secondary N) is 1. The minimum atomic E-state index is -0.656. The molecule has 106 valence electrons. The molecule has 0 spiro atoms. The molecular formula is C13H13F2N3OS. The molecule has 1 aliphatic heterocycles. The van der Waals surface area contributed by atoms with E-state index >= 15 is 0 Å². The summed E-state index contributed by atoms with van der Waals surface area (Å²) in [5.41, 5.74) is 0.281. The lowest BCUT2D eigenvalue weighted by Gasteiger charge is -2.21. The fraction of sp³-hybridized carbons (Fsp3) is 0.385. The van der Waals surface area contributed by atoms with Crippen LogP contribution in [0.3, 0.4) is 0 Å². The molecule has 1 N–H and O–H groups in total. The fourth-order valence-corrected chi connectivity index (χ4v) is 3.05. The molecule has 1 aliphatic rings. The van der Waals surface area contributed by atoms with Gasteiger partial charge in [-0.05, 0) is 12.1 Å². The van der Waals surface area contributed by atoms with Gasteiger partial charge in [0.1, 0.15) is 11.6 Å². The summed E-state index contributed by atoms with van der Waals surface area (Å²) in [7, 11) is 0. The Balaban J connectivity index is 1.75. The van der Waals surface area contributed by atoms with Crippen molar-refractivity contribution in [3.8, 4) is 11.4 Å². The molecule has 4 nitrogen and oxygen atoms in total. The highest BCUT2D eigenvalue weighted by Gasteiger charge is 2.18. The van der Waals surface area contributed by atoms with Crippen LogP contribution in [0.15, 0.2) is 22.7 Å². The maximum Gasteiger partial charge on any atom is 0.228 e. The van der Waals surface area contributed by atoms with Crippen LogP contribution in [0.2, 0.25) is 0 Å². The summed E-state index contributed by atoms with van der Waals surface area (Å²) >= 11 is 1.88. The molecule has 0 saturated carbocycles. The highest BCUT2D eigenvalue weighted by molar-refractivity contribution is 7.99. The van der Waals surface area contributed by atoms with Crippen molar-refractivity contribution in [2.24, 2.45) is 0 Å². The molecule has 2 heterocycles. The zero-order valence-corrected chi connectivity index (χ0v) is 11.4. The Bertz CT molecular complexity index is 579. The number of hydrogen-bond acceptors (Lipinski definition) is 5. The quantitative estimate of drug-likeness (QED) is 0.942. The van der Waals surface area contributed by atoms with Crippen molar-refractivity contribution in [3.63, 3.8) is 0 Å². The minimum absolute atomic E-state index is 0.210. The fourth-order valence-electron chi connectivity index (χ4n) is 2.10. The molecule has 20 heavy (non-hydrogen) atoms. The van der Waals surface area contributed by atoms with Gasteiger partial charge in [-0.2, -0.15) is 16.7 Å². The summed E-state index contributed by atoms with van der Waals surface area (Å²) in [6.45, 7) is 0.964. The summed E-state index contributed by atoms with van der Waals surface area (Å²) in [4.78, 5) is 4.20. The minimum Gasteiger partial charge on any atom is -0.339 e. The SMILES string of the molecule is Fc1cc(F)cc(-c2noc(CC3CSCCN3)n2)c1. The zero-order chi connectivity index (χ0) is 13.9. The first kappa shape index (κ1) is 13.5. The van der Waals surface area contributed by atoms with Gasteiger partial charge in [0.05, 0.1) is 0 Å². The summed E-state index contributed by atoms with van der Waals surface area (Å²) in [6, 6.07) is 3.48. The number of benzene rings is 1. The zero-order valence-electron chi connectivity index (χ0n) is 10.6. The molecule has 3 rings (SSSR count). The number of hydrogen-bond donors (Lipinski definition) is 1. The van der Waals surface area contributed by atoms with Gasteiger partial charge >= 0.3 is 0 Å². The van der Waals surface area contributed by atoms with Crippen molar-refractivity contribution in [2.45, 2.75) is 12.5 Å². The molecular weight excluding hydrogens is 284 g/mol. The summed E-state index contributed by atoms with van der Waals surface area (Å²) in [5.74, 6) is 1.47. The molecule has 1 fully saturated rings. The predicted molar refractivity (Wildman–Crippen MR) is 72.5 cm³/mol. The van der Waals surface area contributed by atoms with E-state index in [4.69, 9.17) is 4.52 Å². The van der Waals surface area contributed by atoms with E-state index in [1.165, 1.54) is 12.1 Å². The van der Waals surface area contributed by atoms with Crippen molar-refractivity contribution in [3.05, 3.63) is 35.7 Å². The third-order valence-electron chi connectivity index (χ3n) is 3.01. The Hall–Kier alpha value is -1.47. The van der Waals surface area contributed by atoms with Gasteiger partial charge in [0.15, 0.2) is 0 Å².